The summed E-state index contributed by atoms with van der Waals surface area (Å²) in [7, 11) is 0. The van der Waals surface area contributed by atoms with E-state index in [1.54, 1.807) is 4.57 Å². The Morgan fingerprint density at radius 2 is 2.04 bits per heavy atom. The van der Waals surface area contributed by atoms with E-state index in [9.17, 15) is 9.59 Å². The number of fused-ring (bicyclic) bond motifs is 3. The summed E-state index contributed by atoms with van der Waals surface area (Å²) < 4.78 is 1.64. The van der Waals surface area contributed by atoms with E-state index >= 15 is 0 Å². The molecule has 3 heterocycles. The summed E-state index contributed by atoms with van der Waals surface area (Å²) in [5.41, 5.74) is 2.03. The summed E-state index contributed by atoms with van der Waals surface area (Å²) in [6.45, 7) is 4.13. The SMILES string of the molecule is CCn1c(SCC(=O)N2CCCC2)nc2c([nH]c3ccccc32)c1=O. The van der Waals surface area contributed by atoms with Crippen molar-refractivity contribution in [3.63, 3.8) is 0 Å². The first-order chi connectivity index (χ1) is 12.2. The van der Waals surface area contributed by atoms with E-state index in [0.717, 1.165) is 36.8 Å². The predicted octanol–water partition coefficient (Wildman–Crippen LogP) is 2.61. The molecule has 0 radical (unpaired) electrons. The molecule has 1 aromatic carbocycles. The van der Waals surface area contributed by atoms with Crippen molar-refractivity contribution in [3.8, 4) is 0 Å². The van der Waals surface area contributed by atoms with Gasteiger partial charge in [0.1, 0.15) is 11.0 Å². The Balaban J connectivity index is 1.73. The number of rotatable bonds is 4. The Kier molecular flexibility index (Phi) is 4.25. The Bertz CT molecular complexity index is 1000. The second kappa shape index (κ2) is 6.55. The van der Waals surface area contributed by atoms with E-state index in [0.29, 0.717) is 28.5 Å². The maximum atomic E-state index is 12.8. The fourth-order valence-electron chi connectivity index (χ4n) is 3.35. The molecule has 0 atom stereocenters. The molecule has 0 aliphatic carbocycles. The van der Waals surface area contributed by atoms with Gasteiger partial charge in [-0.05, 0) is 25.8 Å². The number of carbonyl (C=O) groups excluding carboxylic acids is 1. The second-order valence-corrected chi connectivity index (χ2v) is 7.16. The van der Waals surface area contributed by atoms with Crippen molar-refractivity contribution in [2.24, 2.45) is 0 Å². The number of thioether (sulfide) groups is 1. The molecule has 25 heavy (non-hydrogen) atoms. The van der Waals surface area contributed by atoms with Gasteiger partial charge in [0.25, 0.3) is 5.56 Å². The summed E-state index contributed by atoms with van der Waals surface area (Å²) in [5, 5.41) is 1.54. The number of benzene rings is 1. The first-order valence-electron chi connectivity index (χ1n) is 8.61. The minimum Gasteiger partial charge on any atom is -0.349 e. The van der Waals surface area contributed by atoms with Crippen molar-refractivity contribution >= 4 is 39.6 Å². The Hall–Kier alpha value is -2.28. The molecule has 4 rings (SSSR count). The van der Waals surface area contributed by atoms with Gasteiger partial charge in [0.05, 0.1) is 5.75 Å². The summed E-state index contributed by atoms with van der Waals surface area (Å²) in [6, 6.07) is 7.77. The molecule has 3 aromatic rings. The minimum atomic E-state index is -0.0835. The fraction of sp³-hybridized carbons (Fsp3) is 0.389. The van der Waals surface area contributed by atoms with Crippen LogP contribution in [0.3, 0.4) is 0 Å². The highest BCUT2D eigenvalue weighted by atomic mass is 32.2. The van der Waals surface area contributed by atoms with Crippen LogP contribution in [-0.2, 0) is 11.3 Å². The molecule has 1 N–H and O–H groups in total. The standard InChI is InChI=1S/C18H20N4O2S/c1-2-22-17(24)16-15(12-7-3-4-8-13(12)19-16)20-18(22)25-11-14(23)21-9-5-6-10-21/h3-4,7-8,19H,2,5-6,9-11H2,1H3. The highest BCUT2D eigenvalue weighted by molar-refractivity contribution is 7.99. The van der Waals surface area contributed by atoms with Gasteiger partial charge in [-0.25, -0.2) is 4.98 Å². The number of likely N-dealkylation sites (tertiary alicyclic amines) is 1. The van der Waals surface area contributed by atoms with Gasteiger partial charge in [-0.3, -0.25) is 14.2 Å². The van der Waals surface area contributed by atoms with Crippen molar-refractivity contribution < 1.29 is 4.79 Å². The summed E-state index contributed by atoms with van der Waals surface area (Å²) in [4.78, 5) is 34.9. The molecule has 7 heteroatoms. The van der Waals surface area contributed by atoms with Gasteiger partial charge in [0, 0.05) is 30.5 Å². The number of hydrogen-bond donors (Lipinski definition) is 1. The van der Waals surface area contributed by atoms with Crippen molar-refractivity contribution in [2.75, 3.05) is 18.8 Å². The first kappa shape index (κ1) is 16.2. The number of nitrogens with one attached hydrogen (secondary N) is 1. The molecule has 0 bridgehead atoms. The number of nitrogens with zero attached hydrogens (tertiary/aromatic N) is 3. The van der Waals surface area contributed by atoms with E-state index < -0.39 is 0 Å². The van der Waals surface area contributed by atoms with Crippen LogP contribution in [0.25, 0.3) is 21.9 Å². The molecule has 1 amide bonds. The van der Waals surface area contributed by atoms with Crippen LogP contribution in [0.4, 0.5) is 0 Å². The molecule has 1 saturated heterocycles. The molecule has 130 valence electrons. The lowest BCUT2D eigenvalue weighted by molar-refractivity contribution is -0.127. The van der Waals surface area contributed by atoms with E-state index in [-0.39, 0.29) is 11.5 Å². The monoisotopic (exact) mass is 356 g/mol. The number of H-pyrrole nitrogens is 1. The highest BCUT2D eigenvalue weighted by Crippen LogP contribution is 2.25. The largest absolute Gasteiger partial charge is 0.349 e. The van der Waals surface area contributed by atoms with Crippen LogP contribution in [0, 0.1) is 0 Å². The second-order valence-electron chi connectivity index (χ2n) is 6.21. The zero-order valence-electron chi connectivity index (χ0n) is 14.1. The van der Waals surface area contributed by atoms with Crippen LogP contribution in [0.1, 0.15) is 19.8 Å². The van der Waals surface area contributed by atoms with E-state index in [2.05, 4.69) is 4.98 Å². The zero-order valence-corrected chi connectivity index (χ0v) is 14.9. The quantitative estimate of drug-likeness (QED) is 0.576. The summed E-state index contributed by atoms with van der Waals surface area (Å²) in [6.07, 6.45) is 2.16. The Morgan fingerprint density at radius 3 is 2.80 bits per heavy atom. The van der Waals surface area contributed by atoms with Gasteiger partial charge in [0.2, 0.25) is 5.91 Å². The molecule has 0 saturated carbocycles. The molecule has 0 spiro atoms. The summed E-state index contributed by atoms with van der Waals surface area (Å²) >= 11 is 1.35. The van der Waals surface area contributed by atoms with Crippen molar-refractivity contribution in [2.45, 2.75) is 31.5 Å². The van der Waals surface area contributed by atoms with Gasteiger partial charge in [-0.2, -0.15) is 0 Å². The number of aromatic nitrogens is 3. The Morgan fingerprint density at radius 1 is 1.28 bits per heavy atom. The van der Waals surface area contributed by atoms with E-state index in [1.807, 2.05) is 36.1 Å². The number of hydrogen-bond acceptors (Lipinski definition) is 4. The van der Waals surface area contributed by atoms with Crippen molar-refractivity contribution in [1.82, 2.24) is 19.4 Å². The molecular weight excluding hydrogens is 336 g/mol. The normalized spacial score (nSPS) is 14.7. The zero-order chi connectivity index (χ0) is 17.4. The third-order valence-corrected chi connectivity index (χ3v) is 5.64. The number of amides is 1. The summed E-state index contributed by atoms with van der Waals surface area (Å²) in [5.74, 6) is 0.443. The van der Waals surface area contributed by atoms with E-state index in [1.165, 1.54) is 11.8 Å². The van der Waals surface area contributed by atoms with Crippen LogP contribution >= 0.6 is 11.8 Å². The first-order valence-corrected chi connectivity index (χ1v) is 9.59. The van der Waals surface area contributed by atoms with Crippen LogP contribution < -0.4 is 5.56 Å². The molecule has 6 nitrogen and oxygen atoms in total. The maximum absolute atomic E-state index is 12.8. The average Bonchev–Trinajstić information content (AvgIpc) is 3.28. The molecule has 1 aliphatic rings. The lowest BCUT2D eigenvalue weighted by atomic mass is 10.2. The third-order valence-electron chi connectivity index (χ3n) is 4.68. The van der Waals surface area contributed by atoms with Crippen LogP contribution in [0.5, 0.6) is 0 Å². The Labute approximate surface area is 149 Å². The van der Waals surface area contributed by atoms with E-state index in [4.69, 9.17) is 4.98 Å². The highest BCUT2D eigenvalue weighted by Gasteiger charge is 2.20. The maximum Gasteiger partial charge on any atom is 0.278 e. The molecule has 1 aliphatic heterocycles. The van der Waals surface area contributed by atoms with Gasteiger partial charge in [-0.1, -0.05) is 30.0 Å². The predicted molar refractivity (Wildman–Crippen MR) is 100 cm³/mol. The van der Waals surface area contributed by atoms with Gasteiger partial charge in [0.15, 0.2) is 5.16 Å². The molecule has 2 aromatic heterocycles. The van der Waals surface area contributed by atoms with Crippen LogP contribution in [0.2, 0.25) is 0 Å². The van der Waals surface area contributed by atoms with Gasteiger partial charge < -0.3 is 9.88 Å². The lowest BCUT2D eigenvalue weighted by Crippen LogP contribution is -2.30. The van der Waals surface area contributed by atoms with Crippen molar-refractivity contribution in [3.05, 3.63) is 34.6 Å². The van der Waals surface area contributed by atoms with Crippen molar-refractivity contribution in [1.29, 1.82) is 0 Å². The van der Waals surface area contributed by atoms with Crippen LogP contribution in [-0.4, -0.2) is 44.2 Å². The topological polar surface area (TPSA) is 71.0 Å². The molecular formula is C18H20N4O2S. The lowest BCUT2D eigenvalue weighted by Gasteiger charge is -2.15. The van der Waals surface area contributed by atoms with Gasteiger partial charge in [-0.15, -0.1) is 0 Å². The number of para-hydroxylation sites is 1. The molecule has 1 fully saturated rings. The van der Waals surface area contributed by atoms with Gasteiger partial charge >= 0.3 is 0 Å². The third kappa shape index (κ3) is 2.82. The fourth-order valence-corrected chi connectivity index (χ4v) is 4.31. The number of carbonyl (C=O) groups is 1. The van der Waals surface area contributed by atoms with Crippen LogP contribution in [0.15, 0.2) is 34.2 Å². The minimum absolute atomic E-state index is 0.0835. The number of aromatic amines is 1. The smallest absolute Gasteiger partial charge is 0.278 e. The molecule has 0 unspecified atom stereocenters. The average molecular weight is 356 g/mol.